The molecule has 33 heavy (non-hydrogen) atoms. The highest BCUT2D eigenvalue weighted by Crippen LogP contribution is 2.66. The number of rotatable bonds is 5. The summed E-state index contributed by atoms with van der Waals surface area (Å²) < 4.78 is 5.77. The molecule has 9 atom stereocenters. The highest BCUT2D eigenvalue weighted by Gasteiger charge is 2.61. The molecule has 4 aliphatic rings. The molecule has 0 aliphatic heterocycles. The summed E-state index contributed by atoms with van der Waals surface area (Å²) in [6, 6.07) is -0.854. The Morgan fingerprint density at radius 3 is 2.45 bits per heavy atom. The third-order valence-corrected chi connectivity index (χ3v) is 10.8. The molecule has 8 heteroatoms. The Balaban J connectivity index is 1.36. The van der Waals surface area contributed by atoms with Crippen LogP contribution in [-0.2, 0) is 14.3 Å². The van der Waals surface area contributed by atoms with Crippen LogP contribution >= 0.6 is 11.8 Å². The van der Waals surface area contributed by atoms with Crippen LogP contribution in [0.3, 0.4) is 0 Å². The number of carboxylic acid groups (broad SMARTS) is 1. The zero-order chi connectivity index (χ0) is 24.0. The lowest BCUT2D eigenvalue weighted by Gasteiger charge is -2.61. The molecular formula is C25H40N2O5S. The molecule has 7 nitrogen and oxygen atoms in total. The van der Waals surface area contributed by atoms with Crippen LogP contribution in [-0.4, -0.2) is 46.2 Å². The number of thioether (sulfide) groups is 1. The normalized spacial score (nSPS) is 42.9. The number of carbonyl (C=O) groups is 3. The molecule has 4 fully saturated rings. The Labute approximate surface area is 201 Å². The zero-order valence-corrected chi connectivity index (χ0v) is 21.0. The van der Waals surface area contributed by atoms with Crippen molar-refractivity contribution in [1.82, 2.24) is 5.32 Å². The lowest BCUT2D eigenvalue weighted by molar-refractivity contribution is -0.161. The maximum absolute atomic E-state index is 12.3. The second-order valence-corrected chi connectivity index (χ2v) is 12.5. The minimum Gasteiger partial charge on any atom is -0.480 e. The van der Waals surface area contributed by atoms with E-state index in [4.69, 9.17) is 15.6 Å². The Morgan fingerprint density at radius 2 is 1.76 bits per heavy atom. The van der Waals surface area contributed by atoms with Gasteiger partial charge in [0.05, 0.1) is 0 Å². The minimum atomic E-state index is -1.08. The predicted octanol–water partition coefficient (Wildman–Crippen LogP) is 4.18. The van der Waals surface area contributed by atoms with E-state index in [0.717, 1.165) is 43.9 Å². The maximum Gasteiger partial charge on any atom is 0.321 e. The van der Waals surface area contributed by atoms with Crippen LogP contribution < -0.4 is 11.1 Å². The SMILES string of the molecule is CC(=O)O[C@@H]1CC[C@H]2[C@@H]3CC[C@@H]4C[C@@H](NC(=O)SC[C@H](N)C(=O)O)CC[C@]4(C)[C@H]3CC[C@]12C. The molecule has 0 unspecified atom stereocenters. The lowest BCUT2D eigenvalue weighted by Crippen LogP contribution is -2.55. The van der Waals surface area contributed by atoms with E-state index in [1.807, 2.05) is 0 Å². The van der Waals surface area contributed by atoms with Crippen LogP contribution in [0.2, 0.25) is 0 Å². The number of fused-ring (bicyclic) bond motifs is 5. The average Bonchev–Trinajstić information content (AvgIpc) is 3.08. The summed E-state index contributed by atoms with van der Waals surface area (Å²) >= 11 is 0.976. The summed E-state index contributed by atoms with van der Waals surface area (Å²) in [7, 11) is 0. The van der Waals surface area contributed by atoms with E-state index in [1.165, 1.54) is 32.6 Å². The number of carbonyl (C=O) groups excluding carboxylic acids is 2. The van der Waals surface area contributed by atoms with E-state index in [1.54, 1.807) is 0 Å². The molecule has 0 heterocycles. The summed E-state index contributed by atoms with van der Waals surface area (Å²) in [6.45, 7) is 6.39. The Hall–Kier alpha value is -1.28. The number of hydrogen-bond donors (Lipinski definition) is 3. The van der Waals surface area contributed by atoms with Gasteiger partial charge >= 0.3 is 11.9 Å². The van der Waals surface area contributed by atoms with Crippen LogP contribution in [0.25, 0.3) is 0 Å². The van der Waals surface area contributed by atoms with Crippen molar-refractivity contribution < 1.29 is 24.2 Å². The fourth-order valence-corrected chi connectivity index (χ4v) is 8.90. The van der Waals surface area contributed by atoms with Gasteiger partial charge in [0.25, 0.3) is 5.24 Å². The van der Waals surface area contributed by atoms with Gasteiger partial charge in [-0.1, -0.05) is 25.6 Å². The van der Waals surface area contributed by atoms with Crippen molar-refractivity contribution >= 4 is 28.9 Å². The maximum atomic E-state index is 12.3. The summed E-state index contributed by atoms with van der Waals surface area (Å²) in [6.07, 6.45) is 10.1. The number of carboxylic acids is 1. The fraction of sp³-hybridized carbons (Fsp3) is 0.880. The van der Waals surface area contributed by atoms with E-state index in [0.29, 0.717) is 29.1 Å². The first-order valence-electron chi connectivity index (χ1n) is 12.6. The Kier molecular flexibility index (Phi) is 7.08. The number of hydrogen-bond acceptors (Lipinski definition) is 6. The van der Waals surface area contributed by atoms with Gasteiger partial charge in [-0.3, -0.25) is 14.4 Å². The van der Waals surface area contributed by atoms with Gasteiger partial charge in [-0.05, 0) is 86.9 Å². The summed E-state index contributed by atoms with van der Waals surface area (Å²) in [5.74, 6) is 1.54. The topological polar surface area (TPSA) is 119 Å². The molecule has 186 valence electrons. The van der Waals surface area contributed by atoms with E-state index < -0.39 is 12.0 Å². The highest BCUT2D eigenvalue weighted by atomic mass is 32.2. The van der Waals surface area contributed by atoms with Crippen LogP contribution in [0.15, 0.2) is 0 Å². The number of ether oxygens (including phenoxy) is 1. The predicted molar refractivity (Wildman–Crippen MR) is 128 cm³/mol. The van der Waals surface area contributed by atoms with Gasteiger partial charge in [-0.15, -0.1) is 0 Å². The molecule has 0 aromatic carbocycles. The fourth-order valence-electron chi connectivity index (χ4n) is 8.18. The monoisotopic (exact) mass is 480 g/mol. The number of nitrogens with two attached hydrogens (primary N) is 1. The average molecular weight is 481 g/mol. The van der Waals surface area contributed by atoms with Crippen LogP contribution in [0, 0.1) is 34.5 Å². The van der Waals surface area contributed by atoms with E-state index >= 15 is 0 Å². The van der Waals surface area contributed by atoms with Crippen molar-refractivity contribution in [2.45, 2.75) is 96.7 Å². The molecule has 4 aliphatic carbocycles. The van der Waals surface area contributed by atoms with Gasteiger partial charge in [0.15, 0.2) is 0 Å². The van der Waals surface area contributed by atoms with E-state index in [2.05, 4.69) is 19.2 Å². The van der Waals surface area contributed by atoms with Crippen LogP contribution in [0.1, 0.15) is 78.6 Å². The number of amides is 1. The van der Waals surface area contributed by atoms with Gasteiger partial charge in [0, 0.05) is 24.1 Å². The number of aliphatic carboxylic acids is 1. The molecule has 0 aromatic heterocycles. The van der Waals surface area contributed by atoms with Crippen LogP contribution in [0.4, 0.5) is 4.79 Å². The second-order valence-electron chi connectivity index (χ2n) is 11.5. The van der Waals surface area contributed by atoms with Gasteiger partial charge in [0.1, 0.15) is 12.1 Å². The van der Waals surface area contributed by atoms with Crippen molar-refractivity contribution in [1.29, 1.82) is 0 Å². The van der Waals surface area contributed by atoms with Crippen molar-refractivity contribution in [2.75, 3.05) is 5.75 Å². The van der Waals surface area contributed by atoms with Gasteiger partial charge in [-0.2, -0.15) is 0 Å². The van der Waals surface area contributed by atoms with Crippen molar-refractivity contribution in [3.05, 3.63) is 0 Å². The molecule has 4 N–H and O–H groups in total. The minimum absolute atomic E-state index is 0.0733. The van der Waals surface area contributed by atoms with Crippen molar-refractivity contribution in [3.63, 3.8) is 0 Å². The third-order valence-electron chi connectivity index (χ3n) is 9.92. The first-order chi connectivity index (χ1) is 15.5. The first kappa shape index (κ1) is 24.8. The molecular weight excluding hydrogens is 440 g/mol. The Morgan fingerprint density at radius 1 is 1.06 bits per heavy atom. The van der Waals surface area contributed by atoms with Crippen LogP contribution in [0.5, 0.6) is 0 Å². The van der Waals surface area contributed by atoms with Gasteiger partial charge in [0.2, 0.25) is 0 Å². The number of esters is 1. The van der Waals surface area contributed by atoms with E-state index in [9.17, 15) is 14.4 Å². The summed E-state index contributed by atoms with van der Waals surface area (Å²) in [5.41, 5.74) is 5.95. The van der Waals surface area contributed by atoms with Crippen molar-refractivity contribution in [3.8, 4) is 0 Å². The standard InChI is InChI=1S/C25H40N2O5S/c1-14(28)32-21-7-6-18-17-5-4-15-12-16(27-23(31)33-13-20(26)22(29)30)8-10-24(15,2)19(17)9-11-25(18,21)3/h15-21H,4-13,26H2,1-3H3,(H,27,31)(H,29,30)/t15-,16+,17+,18+,19+,20+,21-,24+,25+/m1/s1. The summed E-state index contributed by atoms with van der Waals surface area (Å²) in [4.78, 5) is 34.9. The smallest absolute Gasteiger partial charge is 0.321 e. The third kappa shape index (κ3) is 4.66. The lowest BCUT2D eigenvalue weighted by atomic mass is 9.45. The molecule has 0 radical (unpaired) electrons. The number of nitrogens with one attached hydrogen (secondary N) is 1. The summed E-state index contributed by atoms with van der Waals surface area (Å²) in [5, 5.41) is 11.9. The largest absolute Gasteiger partial charge is 0.480 e. The molecule has 1 amide bonds. The quantitative estimate of drug-likeness (QED) is 0.505. The Bertz CT molecular complexity index is 793. The molecule has 0 spiro atoms. The zero-order valence-electron chi connectivity index (χ0n) is 20.2. The van der Waals surface area contributed by atoms with Gasteiger partial charge in [-0.25, -0.2) is 0 Å². The molecule has 4 rings (SSSR count). The van der Waals surface area contributed by atoms with Gasteiger partial charge < -0.3 is 20.9 Å². The molecule has 0 saturated heterocycles. The molecule has 0 aromatic rings. The van der Waals surface area contributed by atoms with Crippen molar-refractivity contribution in [2.24, 2.45) is 40.2 Å². The molecule has 4 saturated carbocycles. The second kappa shape index (κ2) is 9.40. The van der Waals surface area contributed by atoms with E-state index in [-0.39, 0.29) is 34.5 Å². The first-order valence-corrected chi connectivity index (χ1v) is 13.6. The molecule has 0 bridgehead atoms. The highest BCUT2D eigenvalue weighted by molar-refractivity contribution is 8.13.